The van der Waals surface area contributed by atoms with Gasteiger partial charge in [-0.1, -0.05) is 19.3 Å². The summed E-state index contributed by atoms with van der Waals surface area (Å²) in [6.07, 6.45) is 11.1. The van der Waals surface area contributed by atoms with Gasteiger partial charge in [-0.25, -0.2) is 0 Å². The fourth-order valence-electron chi connectivity index (χ4n) is 2.92. The van der Waals surface area contributed by atoms with Gasteiger partial charge in [0, 0.05) is 12.5 Å². The van der Waals surface area contributed by atoms with Gasteiger partial charge < -0.3 is 5.32 Å². The highest BCUT2D eigenvalue weighted by Gasteiger charge is 2.27. The van der Waals surface area contributed by atoms with Gasteiger partial charge in [0.1, 0.15) is 0 Å². The van der Waals surface area contributed by atoms with E-state index in [4.69, 9.17) is 0 Å². The summed E-state index contributed by atoms with van der Waals surface area (Å²) in [7, 11) is 0. The van der Waals surface area contributed by atoms with Crippen molar-refractivity contribution in [2.24, 2.45) is 11.8 Å². The van der Waals surface area contributed by atoms with Crippen LogP contribution in [0.1, 0.15) is 58.3 Å². The zero-order chi connectivity index (χ0) is 11.2. The van der Waals surface area contributed by atoms with Crippen molar-refractivity contribution in [1.29, 1.82) is 0 Å². The average Bonchev–Trinajstić information content (AvgIpc) is 3.12. The fraction of sp³-hybridized carbons (Fsp3) is 0.867. The van der Waals surface area contributed by atoms with Crippen LogP contribution in [-0.4, -0.2) is 12.6 Å². The molecule has 2 aliphatic carbocycles. The van der Waals surface area contributed by atoms with E-state index in [1.54, 1.807) is 0 Å². The Hall–Kier alpha value is -0.480. The molecule has 0 amide bonds. The molecule has 0 aromatic carbocycles. The van der Waals surface area contributed by atoms with Crippen LogP contribution in [-0.2, 0) is 0 Å². The first-order chi connectivity index (χ1) is 7.90. The van der Waals surface area contributed by atoms with E-state index in [1.165, 1.54) is 51.5 Å². The molecular formula is C15H25N. The smallest absolute Gasteiger partial charge is 0.00913 e. The summed E-state index contributed by atoms with van der Waals surface area (Å²) in [5.41, 5.74) is 0. The summed E-state index contributed by atoms with van der Waals surface area (Å²) in [5.74, 6) is 8.12. The molecule has 2 rings (SSSR count). The zero-order valence-corrected chi connectivity index (χ0v) is 10.6. The molecule has 0 saturated heterocycles. The third kappa shape index (κ3) is 3.83. The van der Waals surface area contributed by atoms with Gasteiger partial charge in [0.2, 0.25) is 0 Å². The third-order valence-electron chi connectivity index (χ3n) is 4.13. The Morgan fingerprint density at radius 3 is 2.50 bits per heavy atom. The molecule has 0 heterocycles. The maximum Gasteiger partial charge on any atom is 0.00913 e. The van der Waals surface area contributed by atoms with E-state index in [1.807, 2.05) is 6.92 Å². The highest BCUT2D eigenvalue weighted by atomic mass is 14.9. The van der Waals surface area contributed by atoms with Crippen LogP contribution in [0, 0.1) is 23.7 Å². The summed E-state index contributed by atoms with van der Waals surface area (Å²) >= 11 is 0. The van der Waals surface area contributed by atoms with Gasteiger partial charge in [0.05, 0.1) is 0 Å². The van der Waals surface area contributed by atoms with Crippen molar-refractivity contribution in [3.05, 3.63) is 0 Å². The number of hydrogen-bond acceptors (Lipinski definition) is 1. The van der Waals surface area contributed by atoms with E-state index in [-0.39, 0.29) is 0 Å². The van der Waals surface area contributed by atoms with Crippen molar-refractivity contribution < 1.29 is 0 Å². The van der Waals surface area contributed by atoms with Crippen LogP contribution < -0.4 is 5.32 Å². The SMILES string of the molecule is CC#CCCC1CCCCC1CNC1CC1. The summed E-state index contributed by atoms with van der Waals surface area (Å²) in [6, 6.07) is 0.873. The van der Waals surface area contributed by atoms with Gasteiger partial charge in [-0.05, 0) is 51.0 Å². The molecule has 16 heavy (non-hydrogen) atoms. The van der Waals surface area contributed by atoms with Gasteiger partial charge in [0.25, 0.3) is 0 Å². The normalized spacial score (nSPS) is 29.6. The lowest BCUT2D eigenvalue weighted by Crippen LogP contribution is -2.31. The maximum atomic E-state index is 3.71. The molecule has 0 aromatic heterocycles. The Labute approximate surface area is 100 Å². The monoisotopic (exact) mass is 219 g/mol. The summed E-state index contributed by atoms with van der Waals surface area (Å²) in [5, 5.41) is 3.71. The summed E-state index contributed by atoms with van der Waals surface area (Å²) < 4.78 is 0. The first-order valence-electron chi connectivity index (χ1n) is 7.03. The molecule has 2 aliphatic rings. The molecular weight excluding hydrogens is 194 g/mol. The molecule has 1 nitrogen and oxygen atoms in total. The van der Waals surface area contributed by atoms with E-state index in [9.17, 15) is 0 Å². The number of hydrogen-bond donors (Lipinski definition) is 1. The Balaban J connectivity index is 1.72. The van der Waals surface area contributed by atoms with E-state index >= 15 is 0 Å². The Kier molecular flexibility index (Phi) is 4.72. The van der Waals surface area contributed by atoms with E-state index < -0.39 is 0 Å². The second kappa shape index (κ2) is 6.30. The van der Waals surface area contributed by atoms with Gasteiger partial charge >= 0.3 is 0 Å². The zero-order valence-electron chi connectivity index (χ0n) is 10.6. The van der Waals surface area contributed by atoms with E-state index in [0.717, 1.165) is 24.3 Å². The largest absolute Gasteiger partial charge is 0.314 e. The Morgan fingerprint density at radius 1 is 1.06 bits per heavy atom. The van der Waals surface area contributed by atoms with Crippen molar-refractivity contribution in [3.8, 4) is 11.8 Å². The lowest BCUT2D eigenvalue weighted by Gasteiger charge is -2.31. The first kappa shape index (κ1) is 12.0. The molecule has 0 radical (unpaired) electrons. The number of rotatable bonds is 5. The lowest BCUT2D eigenvalue weighted by molar-refractivity contribution is 0.219. The molecule has 2 saturated carbocycles. The minimum absolute atomic E-state index is 0.873. The molecule has 0 aromatic rings. The van der Waals surface area contributed by atoms with Crippen LogP contribution in [0.25, 0.3) is 0 Å². The molecule has 2 fully saturated rings. The molecule has 1 N–H and O–H groups in total. The van der Waals surface area contributed by atoms with Gasteiger partial charge in [-0.15, -0.1) is 11.8 Å². The van der Waals surface area contributed by atoms with Crippen molar-refractivity contribution >= 4 is 0 Å². The van der Waals surface area contributed by atoms with Crippen molar-refractivity contribution in [1.82, 2.24) is 5.32 Å². The molecule has 90 valence electrons. The maximum absolute atomic E-state index is 3.71. The van der Waals surface area contributed by atoms with Crippen LogP contribution in [0.3, 0.4) is 0 Å². The van der Waals surface area contributed by atoms with Gasteiger partial charge in [-0.3, -0.25) is 0 Å². The standard InChI is InChI=1S/C15H25N/c1-2-3-4-7-13-8-5-6-9-14(13)12-16-15-10-11-15/h13-16H,4-12H2,1H3. The Morgan fingerprint density at radius 2 is 1.81 bits per heavy atom. The predicted octanol–water partition coefficient (Wildman–Crippen LogP) is 3.35. The van der Waals surface area contributed by atoms with Gasteiger partial charge in [-0.2, -0.15) is 0 Å². The van der Waals surface area contributed by atoms with Crippen LogP contribution in [0.15, 0.2) is 0 Å². The van der Waals surface area contributed by atoms with Crippen molar-refractivity contribution in [2.45, 2.75) is 64.3 Å². The Bertz CT molecular complexity index is 256. The van der Waals surface area contributed by atoms with E-state index in [2.05, 4.69) is 17.2 Å². The molecule has 2 atom stereocenters. The first-order valence-corrected chi connectivity index (χ1v) is 7.03. The highest BCUT2D eigenvalue weighted by molar-refractivity contribution is 4.95. The highest BCUT2D eigenvalue weighted by Crippen LogP contribution is 2.33. The van der Waals surface area contributed by atoms with Gasteiger partial charge in [0.15, 0.2) is 0 Å². The lowest BCUT2D eigenvalue weighted by atomic mass is 9.77. The van der Waals surface area contributed by atoms with Crippen LogP contribution in [0.5, 0.6) is 0 Å². The molecule has 0 aliphatic heterocycles. The third-order valence-corrected chi connectivity index (χ3v) is 4.13. The fourth-order valence-corrected chi connectivity index (χ4v) is 2.92. The van der Waals surface area contributed by atoms with Crippen LogP contribution in [0.4, 0.5) is 0 Å². The quantitative estimate of drug-likeness (QED) is 0.699. The molecule has 0 spiro atoms. The number of nitrogens with one attached hydrogen (secondary N) is 1. The topological polar surface area (TPSA) is 12.0 Å². The van der Waals surface area contributed by atoms with Crippen LogP contribution >= 0.6 is 0 Å². The van der Waals surface area contributed by atoms with Crippen molar-refractivity contribution in [2.75, 3.05) is 6.54 Å². The second-order valence-corrected chi connectivity index (χ2v) is 5.45. The minimum atomic E-state index is 0.873. The molecule has 0 bridgehead atoms. The van der Waals surface area contributed by atoms with Crippen LogP contribution in [0.2, 0.25) is 0 Å². The minimum Gasteiger partial charge on any atom is -0.314 e. The summed E-state index contributed by atoms with van der Waals surface area (Å²) in [4.78, 5) is 0. The average molecular weight is 219 g/mol. The predicted molar refractivity (Wildman–Crippen MR) is 69.2 cm³/mol. The molecule has 2 unspecified atom stereocenters. The summed E-state index contributed by atoms with van der Waals surface area (Å²) in [6.45, 7) is 3.22. The van der Waals surface area contributed by atoms with E-state index in [0.29, 0.717) is 0 Å². The van der Waals surface area contributed by atoms with Crippen molar-refractivity contribution in [3.63, 3.8) is 0 Å². The molecule has 1 heteroatoms. The second-order valence-electron chi connectivity index (χ2n) is 5.45.